The summed E-state index contributed by atoms with van der Waals surface area (Å²) in [4.78, 5) is 0. The summed E-state index contributed by atoms with van der Waals surface area (Å²) in [6, 6.07) is 7.55. The van der Waals surface area contributed by atoms with Gasteiger partial charge in [0, 0.05) is 12.1 Å². The monoisotopic (exact) mass is 231 g/mol. The lowest BCUT2D eigenvalue weighted by Gasteiger charge is -2.12. The van der Waals surface area contributed by atoms with Crippen molar-refractivity contribution in [3.8, 4) is 11.5 Å². The number of benzene rings is 2. The van der Waals surface area contributed by atoms with Gasteiger partial charge in [-0.05, 0) is 35.9 Å². The SMILES string of the molecule is CCNCc1cccc2cc(O)c(O)c(C)c12. The molecule has 0 aliphatic rings. The summed E-state index contributed by atoms with van der Waals surface area (Å²) in [5.74, 6) is -0.0861. The van der Waals surface area contributed by atoms with Crippen molar-refractivity contribution < 1.29 is 10.2 Å². The molecule has 0 spiro atoms. The third-order valence-electron chi connectivity index (χ3n) is 3.01. The zero-order valence-corrected chi connectivity index (χ0v) is 10.1. The Morgan fingerprint density at radius 2 is 2.00 bits per heavy atom. The summed E-state index contributed by atoms with van der Waals surface area (Å²) >= 11 is 0. The van der Waals surface area contributed by atoms with Gasteiger partial charge in [-0.2, -0.15) is 0 Å². The predicted molar refractivity (Wildman–Crippen MR) is 69.4 cm³/mol. The maximum Gasteiger partial charge on any atom is 0.161 e. The number of aryl methyl sites for hydroxylation is 1. The summed E-state index contributed by atoms with van der Waals surface area (Å²) in [5, 5.41) is 24.6. The van der Waals surface area contributed by atoms with Crippen molar-refractivity contribution in [2.75, 3.05) is 6.54 Å². The van der Waals surface area contributed by atoms with Gasteiger partial charge in [0.1, 0.15) is 0 Å². The second-order valence-electron chi connectivity index (χ2n) is 4.16. The Bertz CT molecular complexity index is 549. The molecule has 0 heterocycles. The van der Waals surface area contributed by atoms with Gasteiger partial charge >= 0.3 is 0 Å². The van der Waals surface area contributed by atoms with Gasteiger partial charge in [-0.25, -0.2) is 0 Å². The van der Waals surface area contributed by atoms with Gasteiger partial charge < -0.3 is 15.5 Å². The Balaban J connectivity index is 2.66. The van der Waals surface area contributed by atoms with Crippen molar-refractivity contribution in [2.24, 2.45) is 0 Å². The van der Waals surface area contributed by atoms with Crippen LogP contribution in [-0.4, -0.2) is 16.8 Å². The molecule has 2 aromatic rings. The minimum absolute atomic E-state index is 0.0264. The minimum atomic E-state index is -0.0596. The first-order valence-corrected chi connectivity index (χ1v) is 5.79. The van der Waals surface area contributed by atoms with Crippen molar-refractivity contribution in [2.45, 2.75) is 20.4 Å². The van der Waals surface area contributed by atoms with Crippen molar-refractivity contribution >= 4 is 10.8 Å². The van der Waals surface area contributed by atoms with Crippen LogP contribution in [-0.2, 0) is 6.54 Å². The Morgan fingerprint density at radius 1 is 1.24 bits per heavy atom. The van der Waals surface area contributed by atoms with Crippen LogP contribution in [0.2, 0.25) is 0 Å². The summed E-state index contributed by atoms with van der Waals surface area (Å²) in [5.41, 5.74) is 1.87. The van der Waals surface area contributed by atoms with E-state index in [1.807, 2.05) is 25.1 Å². The molecule has 90 valence electrons. The number of aromatic hydroxyl groups is 2. The number of phenolic OH excluding ortho intramolecular Hbond substituents is 2. The Morgan fingerprint density at radius 3 is 2.71 bits per heavy atom. The molecule has 0 amide bonds. The Labute approximate surface area is 101 Å². The first-order chi connectivity index (χ1) is 8.15. The van der Waals surface area contributed by atoms with Crippen molar-refractivity contribution in [1.82, 2.24) is 5.32 Å². The van der Waals surface area contributed by atoms with Gasteiger partial charge in [-0.1, -0.05) is 25.1 Å². The van der Waals surface area contributed by atoms with Crippen LogP contribution in [0.4, 0.5) is 0 Å². The standard InChI is InChI=1S/C14H17NO2/c1-3-15-8-11-6-4-5-10-7-12(16)14(17)9(2)13(10)11/h4-7,15-17H,3,8H2,1-2H3. The first-order valence-electron chi connectivity index (χ1n) is 5.79. The van der Waals surface area contributed by atoms with Crippen LogP contribution in [0.1, 0.15) is 18.1 Å². The third kappa shape index (κ3) is 2.06. The van der Waals surface area contributed by atoms with Crippen LogP contribution in [0.15, 0.2) is 24.3 Å². The lowest BCUT2D eigenvalue weighted by Crippen LogP contribution is -2.12. The summed E-state index contributed by atoms with van der Waals surface area (Å²) in [6.07, 6.45) is 0. The summed E-state index contributed by atoms with van der Waals surface area (Å²) in [7, 11) is 0. The third-order valence-corrected chi connectivity index (χ3v) is 3.01. The molecule has 0 aliphatic carbocycles. The summed E-state index contributed by atoms with van der Waals surface area (Å²) in [6.45, 7) is 5.55. The smallest absolute Gasteiger partial charge is 0.161 e. The van der Waals surface area contributed by atoms with E-state index in [0.29, 0.717) is 0 Å². The molecule has 0 fully saturated rings. The fourth-order valence-corrected chi connectivity index (χ4v) is 2.13. The first kappa shape index (κ1) is 11.7. The average Bonchev–Trinajstić information content (AvgIpc) is 2.33. The molecule has 2 aromatic carbocycles. The van der Waals surface area contributed by atoms with Crippen LogP contribution in [0.5, 0.6) is 11.5 Å². The molecule has 3 nitrogen and oxygen atoms in total. The molecule has 0 radical (unpaired) electrons. The maximum atomic E-state index is 9.78. The Hall–Kier alpha value is -1.74. The maximum absolute atomic E-state index is 9.78. The highest BCUT2D eigenvalue weighted by Gasteiger charge is 2.11. The van der Waals surface area contributed by atoms with Gasteiger partial charge in [-0.3, -0.25) is 0 Å². The number of nitrogens with one attached hydrogen (secondary N) is 1. The van der Waals surface area contributed by atoms with Crippen molar-refractivity contribution in [3.05, 3.63) is 35.4 Å². The number of hydrogen-bond donors (Lipinski definition) is 3. The quantitative estimate of drug-likeness (QED) is 0.712. The molecule has 0 bridgehead atoms. The zero-order chi connectivity index (χ0) is 12.4. The number of hydrogen-bond acceptors (Lipinski definition) is 3. The highest BCUT2D eigenvalue weighted by atomic mass is 16.3. The van der Waals surface area contributed by atoms with Gasteiger partial charge in [0.15, 0.2) is 11.5 Å². The van der Waals surface area contributed by atoms with E-state index in [9.17, 15) is 10.2 Å². The van der Waals surface area contributed by atoms with Gasteiger partial charge in [0.25, 0.3) is 0 Å². The van der Waals surface area contributed by atoms with Crippen molar-refractivity contribution in [3.63, 3.8) is 0 Å². The van der Waals surface area contributed by atoms with Gasteiger partial charge in [0.2, 0.25) is 0 Å². The lowest BCUT2D eigenvalue weighted by atomic mass is 9.98. The molecular formula is C14H17NO2. The van der Waals surface area contributed by atoms with Crippen LogP contribution < -0.4 is 5.32 Å². The molecule has 3 heteroatoms. The Kier molecular flexibility index (Phi) is 3.20. The lowest BCUT2D eigenvalue weighted by molar-refractivity contribution is 0.402. The minimum Gasteiger partial charge on any atom is -0.504 e. The van der Waals surface area contributed by atoms with Crippen molar-refractivity contribution in [1.29, 1.82) is 0 Å². The highest BCUT2D eigenvalue weighted by molar-refractivity contribution is 5.92. The molecule has 17 heavy (non-hydrogen) atoms. The second kappa shape index (κ2) is 4.63. The van der Waals surface area contributed by atoms with E-state index < -0.39 is 0 Å². The molecular weight excluding hydrogens is 214 g/mol. The van der Waals surface area contributed by atoms with E-state index in [-0.39, 0.29) is 11.5 Å². The molecule has 0 aliphatic heterocycles. The van der Waals surface area contributed by atoms with Gasteiger partial charge in [-0.15, -0.1) is 0 Å². The average molecular weight is 231 g/mol. The van der Waals surface area contributed by atoms with E-state index >= 15 is 0 Å². The highest BCUT2D eigenvalue weighted by Crippen LogP contribution is 2.36. The molecule has 0 unspecified atom stereocenters. The number of fused-ring (bicyclic) bond motifs is 1. The predicted octanol–water partition coefficient (Wildman–Crippen LogP) is 2.67. The van der Waals surface area contributed by atoms with E-state index in [0.717, 1.165) is 35.0 Å². The fraction of sp³-hybridized carbons (Fsp3) is 0.286. The molecule has 0 saturated carbocycles. The molecule has 0 aromatic heterocycles. The molecule has 2 rings (SSSR count). The van der Waals surface area contributed by atoms with Crippen LogP contribution in [0, 0.1) is 6.92 Å². The van der Waals surface area contributed by atoms with E-state index in [4.69, 9.17) is 0 Å². The summed E-state index contributed by atoms with van der Waals surface area (Å²) < 4.78 is 0. The molecule has 0 saturated heterocycles. The van der Waals surface area contributed by atoms with Crippen LogP contribution in [0.3, 0.4) is 0 Å². The van der Waals surface area contributed by atoms with E-state index in [2.05, 4.69) is 12.2 Å². The molecule has 0 atom stereocenters. The number of phenols is 2. The van der Waals surface area contributed by atoms with Gasteiger partial charge in [0.05, 0.1) is 0 Å². The van der Waals surface area contributed by atoms with Crippen LogP contribution >= 0.6 is 0 Å². The van der Waals surface area contributed by atoms with E-state index in [1.165, 1.54) is 0 Å². The largest absolute Gasteiger partial charge is 0.504 e. The van der Waals surface area contributed by atoms with Crippen LogP contribution in [0.25, 0.3) is 10.8 Å². The van der Waals surface area contributed by atoms with E-state index in [1.54, 1.807) is 6.07 Å². The number of rotatable bonds is 3. The normalized spacial score (nSPS) is 10.9. The topological polar surface area (TPSA) is 52.5 Å². The molecule has 3 N–H and O–H groups in total. The second-order valence-corrected chi connectivity index (χ2v) is 4.16. The zero-order valence-electron chi connectivity index (χ0n) is 10.1. The fourth-order valence-electron chi connectivity index (χ4n) is 2.13.